The number of benzene rings is 1. The zero-order chi connectivity index (χ0) is 23.6. The molecule has 1 rings (SSSR count). The SMILES string of the molecule is C=C(CCCC(C)CCCC(C)CCCC(C)C)CCc1c(C)c(O)c(C)c(C)c1O. The van der Waals surface area contributed by atoms with Gasteiger partial charge < -0.3 is 10.2 Å². The van der Waals surface area contributed by atoms with Crippen LogP contribution in [0.4, 0.5) is 0 Å². The molecular formula is C29H50O2. The highest BCUT2D eigenvalue weighted by Gasteiger charge is 2.16. The van der Waals surface area contributed by atoms with E-state index >= 15 is 0 Å². The number of rotatable bonds is 15. The minimum Gasteiger partial charge on any atom is -0.507 e. The number of allylic oxidation sites excluding steroid dienone is 1. The minimum absolute atomic E-state index is 0.318. The molecule has 0 saturated carbocycles. The van der Waals surface area contributed by atoms with Crippen LogP contribution >= 0.6 is 0 Å². The van der Waals surface area contributed by atoms with Crippen LogP contribution in [0, 0.1) is 38.5 Å². The Balaban J connectivity index is 2.26. The molecule has 31 heavy (non-hydrogen) atoms. The van der Waals surface area contributed by atoms with Crippen molar-refractivity contribution < 1.29 is 10.2 Å². The molecule has 0 saturated heterocycles. The molecule has 2 nitrogen and oxygen atoms in total. The Labute approximate surface area is 193 Å². The average molecular weight is 431 g/mol. The molecule has 0 radical (unpaired) electrons. The third kappa shape index (κ3) is 9.71. The van der Waals surface area contributed by atoms with Crippen LogP contribution in [0.15, 0.2) is 12.2 Å². The van der Waals surface area contributed by atoms with Gasteiger partial charge in [0.15, 0.2) is 0 Å². The first-order valence-corrected chi connectivity index (χ1v) is 12.7. The molecule has 2 atom stereocenters. The molecule has 2 unspecified atom stereocenters. The minimum atomic E-state index is 0.318. The molecule has 0 heterocycles. The van der Waals surface area contributed by atoms with Crippen LogP contribution < -0.4 is 0 Å². The molecule has 0 aliphatic heterocycles. The summed E-state index contributed by atoms with van der Waals surface area (Å²) in [6.07, 6.45) is 13.4. The highest BCUT2D eigenvalue weighted by Crippen LogP contribution is 2.37. The van der Waals surface area contributed by atoms with Crippen molar-refractivity contribution in [2.75, 3.05) is 0 Å². The van der Waals surface area contributed by atoms with E-state index < -0.39 is 0 Å². The lowest BCUT2D eigenvalue weighted by Crippen LogP contribution is -2.01. The van der Waals surface area contributed by atoms with E-state index in [1.807, 2.05) is 20.8 Å². The molecule has 0 fully saturated rings. The molecule has 2 N–H and O–H groups in total. The van der Waals surface area contributed by atoms with E-state index in [2.05, 4.69) is 34.3 Å². The highest BCUT2D eigenvalue weighted by molar-refractivity contribution is 5.56. The van der Waals surface area contributed by atoms with Crippen molar-refractivity contribution in [1.82, 2.24) is 0 Å². The van der Waals surface area contributed by atoms with E-state index in [0.29, 0.717) is 11.5 Å². The lowest BCUT2D eigenvalue weighted by atomic mass is 9.90. The van der Waals surface area contributed by atoms with E-state index in [-0.39, 0.29) is 0 Å². The first kappa shape index (κ1) is 27.6. The summed E-state index contributed by atoms with van der Waals surface area (Å²) in [5.74, 6) is 3.16. The maximum absolute atomic E-state index is 10.5. The highest BCUT2D eigenvalue weighted by atomic mass is 16.3. The molecule has 0 bridgehead atoms. The van der Waals surface area contributed by atoms with Crippen LogP contribution in [-0.2, 0) is 6.42 Å². The summed E-state index contributed by atoms with van der Waals surface area (Å²) >= 11 is 0. The second-order valence-electron chi connectivity index (χ2n) is 10.7. The van der Waals surface area contributed by atoms with Crippen molar-refractivity contribution in [1.29, 1.82) is 0 Å². The van der Waals surface area contributed by atoms with Gasteiger partial charge >= 0.3 is 0 Å². The standard InChI is InChI=1S/C29H50O2/c1-20(2)12-9-13-21(3)14-10-15-22(4)16-11-17-23(5)18-19-27-26(8)28(30)24(6)25(7)29(27)31/h20-22,30-31H,5,9-19H2,1-4,6-8H3. The summed E-state index contributed by atoms with van der Waals surface area (Å²) in [5, 5.41) is 20.8. The Kier molecular flexibility index (Phi) is 12.3. The average Bonchev–Trinajstić information content (AvgIpc) is 2.70. The largest absolute Gasteiger partial charge is 0.507 e. The van der Waals surface area contributed by atoms with Crippen LogP contribution in [0.3, 0.4) is 0 Å². The fraction of sp³-hybridized carbons (Fsp3) is 0.724. The number of phenolic OH excluding ortho intramolecular Hbond substituents is 2. The van der Waals surface area contributed by atoms with Crippen molar-refractivity contribution in [2.24, 2.45) is 17.8 Å². The van der Waals surface area contributed by atoms with Gasteiger partial charge in [-0.3, -0.25) is 0 Å². The topological polar surface area (TPSA) is 40.5 Å². The molecule has 178 valence electrons. The van der Waals surface area contributed by atoms with E-state index in [1.54, 1.807) is 0 Å². The normalized spacial score (nSPS) is 13.5. The fourth-order valence-electron chi connectivity index (χ4n) is 4.59. The van der Waals surface area contributed by atoms with Gasteiger partial charge in [0.2, 0.25) is 0 Å². The summed E-state index contributed by atoms with van der Waals surface area (Å²) in [6.45, 7) is 19.3. The van der Waals surface area contributed by atoms with Crippen molar-refractivity contribution in [3.05, 3.63) is 34.4 Å². The van der Waals surface area contributed by atoms with Crippen molar-refractivity contribution in [2.45, 2.75) is 119 Å². The molecule has 0 spiro atoms. The Hall–Kier alpha value is -1.44. The van der Waals surface area contributed by atoms with Gasteiger partial charge in [-0.15, -0.1) is 0 Å². The molecule has 0 amide bonds. The van der Waals surface area contributed by atoms with E-state index in [9.17, 15) is 10.2 Å². The van der Waals surface area contributed by atoms with Crippen LogP contribution in [0.1, 0.15) is 114 Å². The van der Waals surface area contributed by atoms with Gasteiger partial charge in [0.25, 0.3) is 0 Å². The predicted octanol–water partition coefficient (Wildman–Crippen LogP) is 8.95. The summed E-state index contributed by atoms with van der Waals surface area (Å²) in [4.78, 5) is 0. The lowest BCUT2D eigenvalue weighted by Gasteiger charge is -2.17. The van der Waals surface area contributed by atoms with Gasteiger partial charge in [0, 0.05) is 5.56 Å². The number of aromatic hydroxyl groups is 2. The Morgan fingerprint density at radius 3 is 1.71 bits per heavy atom. The fourth-order valence-corrected chi connectivity index (χ4v) is 4.59. The second kappa shape index (κ2) is 13.9. The van der Waals surface area contributed by atoms with Crippen LogP contribution in [0.25, 0.3) is 0 Å². The quantitative estimate of drug-likeness (QED) is 0.215. The third-order valence-electron chi connectivity index (χ3n) is 7.19. The maximum Gasteiger partial charge on any atom is 0.122 e. The van der Waals surface area contributed by atoms with E-state index in [0.717, 1.165) is 59.3 Å². The van der Waals surface area contributed by atoms with Gasteiger partial charge in [-0.2, -0.15) is 0 Å². The predicted molar refractivity (Wildman–Crippen MR) is 136 cm³/mol. The number of hydrogen-bond acceptors (Lipinski definition) is 2. The Morgan fingerprint density at radius 2 is 1.16 bits per heavy atom. The smallest absolute Gasteiger partial charge is 0.122 e. The lowest BCUT2D eigenvalue weighted by molar-refractivity contribution is 0.388. The van der Waals surface area contributed by atoms with Crippen molar-refractivity contribution in [3.8, 4) is 11.5 Å². The van der Waals surface area contributed by atoms with Crippen LogP contribution in [-0.4, -0.2) is 10.2 Å². The second-order valence-corrected chi connectivity index (χ2v) is 10.7. The monoisotopic (exact) mass is 430 g/mol. The zero-order valence-electron chi connectivity index (χ0n) is 21.6. The molecule has 1 aromatic carbocycles. The van der Waals surface area contributed by atoms with Gasteiger partial charge in [-0.25, -0.2) is 0 Å². The zero-order valence-corrected chi connectivity index (χ0v) is 21.6. The molecule has 0 aromatic heterocycles. The van der Waals surface area contributed by atoms with Gasteiger partial charge in [-0.1, -0.05) is 84.8 Å². The summed E-state index contributed by atoms with van der Waals surface area (Å²) in [6, 6.07) is 0. The van der Waals surface area contributed by atoms with E-state index in [4.69, 9.17) is 0 Å². The molecule has 0 aliphatic rings. The first-order valence-electron chi connectivity index (χ1n) is 12.7. The first-order chi connectivity index (χ1) is 14.5. The van der Waals surface area contributed by atoms with Crippen molar-refractivity contribution >= 4 is 0 Å². The van der Waals surface area contributed by atoms with Crippen LogP contribution in [0.5, 0.6) is 11.5 Å². The van der Waals surface area contributed by atoms with Crippen molar-refractivity contribution in [3.63, 3.8) is 0 Å². The molecule has 0 aliphatic carbocycles. The van der Waals surface area contributed by atoms with Gasteiger partial charge in [-0.05, 0) is 80.9 Å². The summed E-state index contributed by atoms with van der Waals surface area (Å²) in [5.41, 5.74) is 4.49. The Bertz CT molecular complexity index is 657. The van der Waals surface area contributed by atoms with E-state index in [1.165, 1.54) is 56.9 Å². The van der Waals surface area contributed by atoms with Crippen LogP contribution in [0.2, 0.25) is 0 Å². The number of phenols is 2. The Morgan fingerprint density at radius 1 is 0.677 bits per heavy atom. The maximum atomic E-state index is 10.5. The third-order valence-corrected chi connectivity index (χ3v) is 7.19. The molecule has 2 heteroatoms. The summed E-state index contributed by atoms with van der Waals surface area (Å²) in [7, 11) is 0. The van der Waals surface area contributed by atoms with Gasteiger partial charge in [0.1, 0.15) is 11.5 Å². The number of hydrogen-bond donors (Lipinski definition) is 2. The molecule has 1 aromatic rings. The summed E-state index contributed by atoms with van der Waals surface area (Å²) < 4.78 is 0. The van der Waals surface area contributed by atoms with Gasteiger partial charge in [0.05, 0.1) is 0 Å². The molecular weight excluding hydrogens is 380 g/mol.